The van der Waals surface area contributed by atoms with E-state index in [2.05, 4.69) is 41.1 Å². The van der Waals surface area contributed by atoms with Gasteiger partial charge in [-0.15, -0.1) is 5.10 Å². The molecule has 1 aliphatic rings. The molecule has 1 aromatic carbocycles. The predicted octanol–water partition coefficient (Wildman–Crippen LogP) is 3.49. The molecule has 0 aliphatic heterocycles. The van der Waals surface area contributed by atoms with E-state index < -0.39 is 0 Å². The molecule has 1 fully saturated rings. The van der Waals surface area contributed by atoms with E-state index in [-0.39, 0.29) is 5.56 Å². The smallest absolute Gasteiger partial charge is 0.255 e. The van der Waals surface area contributed by atoms with Crippen molar-refractivity contribution in [2.75, 3.05) is 17.7 Å². The molecule has 41 heavy (non-hydrogen) atoms. The SMILES string of the molecule is COc1ccc(Cn2nnnc2-c2ccc(=O)n(-c3ccc(N[C@H]4CC[C@H](Nc5cnc(C)cn5)C4)nc3)c2)cc1. The lowest BCUT2D eigenvalue weighted by molar-refractivity contribution is 0.414. The fourth-order valence-corrected chi connectivity index (χ4v) is 4.99. The molecule has 4 heterocycles. The zero-order valence-corrected chi connectivity index (χ0v) is 22.8. The number of methoxy groups -OCH3 is 1. The Labute approximate surface area is 236 Å². The van der Waals surface area contributed by atoms with Gasteiger partial charge in [0.25, 0.3) is 5.56 Å². The summed E-state index contributed by atoms with van der Waals surface area (Å²) in [4.78, 5) is 26.1. The highest BCUT2D eigenvalue weighted by molar-refractivity contribution is 5.54. The van der Waals surface area contributed by atoms with E-state index in [0.29, 0.717) is 35.7 Å². The van der Waals surface area contributed by atoms with Crippen LogP contribution in [0.3, 0.4) is 0 Å². The van der Waals surface area contributed by atoms with Crippen LogP contribution < -0.4 is 20.9 Å². The van der Waals surface area contributed by atoms with Gasteiger partial charge >= 0.3 is 0 Å². The Hall–Kier alpha value is -5.13. The molecule has 6 rings (SSSR count). The van der Waals surface area contributed by atoms with Crippen LogP contribution in [0.5, 0.6) is 5.75 Å². The van der Waals surface area contributed by atoms with Gasteiger partial charge in [0.05, 0.1) is 43.6 Å². The fourth-order valence-electron chi connectivity index (χ4n) is 4.99. The van der Waals surface area contributed by atoms with Gasteiger partial charge in [-0.2, -0.15) is 0 Å². The average molecular weight is 551 g/mol. The van der Waals surface area contributed by atoms with Crippen LogP contribution >= 0.6 is 0 Å². The van der Waals surface area contributed by atoms with Crippen LogP contribution in [0.1, 0.15) is 30.5 Å². The summed E-state index contributed by atoms with van der Waals surface area (Å²) in [6, 6.07) is 15.4. The maximum atomic E-state index is 12.8. The summed E-state index contributed by atoms with van der Waals surface area (Å²) in [5.74, 6) is 2.90. The topological polar surface area (TPSA) is 138 Å². The maximum absolute atomic E-state index is 12.8. The van der Waals surface area contributed by atoms with Gasteiger partial charge in [0.1, 0.15) is 17.4 Å². The van der Waals surface area contributed by atoms with Crippen molar-refractivity contribution in [1.82, 2.24) is 39.7 Å². The van der Waals surface area contributed by atoms with E-state index in [1.165, 1.54) is 6.07 Å². The van der Waals surface area contributed by atoms with E-state index in [1.54, 1.807) is 47.2 Å². The van der Waals surface area contributed by atoms with E-state index >= 15 is 0 Å². The first-order valence-corrected chi connectivity index (χ1v) is 13.4. The number of tetrazole rings is 1. The van der Waals surface area contributed by atoms with E-state index in [4.69, 9.17) is 4.74 Å². The highest BCUT2D eigenvalue weighted by atomic mass is 16.5. The normalized spacial score (nSPS) is 16.4. The minimum Gasteiger partial charge on any atom is -0.497 e. The number of anilines is 2. The van der Waals surface area contributed by atoms with Crippen molar-refractivity contribution >= 4 is 11.6 Å². The molecule has 0 bridgehead atoms. The molecule has 2 atom stereocenters. The van der Waals surface area contributed by atoms with Crippen LogP contribution in [0.2, 0.25) is 0 Å². The third kappa shape index (κ3) is 6.06. The molecule has 4 aromatic heterocycles. The molecule has 0 radical (unpaired) electrons. The Morgan fingerprint density at radius 2 is 1.68 bits per heavy atom. The van der Waals surface area contributed by atoms with Crippen LogP contribution in [0.25, 0.3) is 17.1 Å². The number of nitrogens with zero attached hydrogens (tertiary/aromatic N) is 8. The van der Waals surface area contributed by atoms with E-state index in [1.807, 2.05) is 43.3 Å². The molecule has 0 amide bonds. The molecule has 12 nitrogen and oxygen atoms in total. The summed E-state index contributed by atoms with van der Waals surface area (Å²) in [7, 11) is 1.63. The first-order valence-electron chi connectivity index (χ1n) is 13.4. The van der Waals surface area contributed by atoms with Crippen LogP contribution in [0.15, 0.2) is 78.1 Å². The highest BCUT2D eigenvalue weighted by Crippen LogP contribution is 2.25. The summed E-state index contributed by atoms with van der Waals surface area (Å²) in [5.41, 5.74) is 3.12. The Morgan fingerprint density at radius 3 is 2.39 bits per heavy atom. The maximum Gasteiger partial charge on any atom is 0.255 e. The molecule has 0 saturated heterocycles. The number of hydrogen-bond acceptors (Lipinski definition) is 10. The van der Waals surface area contributed by atoms with Crippen molar-refractivity contribution in [3.63, 3.8) is 0 Å². The van der Waals surface area contributed by atoms with Crippen molar-refractivity contribution in [2.45, 2.75) is 44.8 Å². The Bertz CT molecular complexity index is 1660. The summed E-state index contributed by atoms with van der Waals surface area (Å²) >= 11 is 0. The van der Waals surface area contributed by atoms with Crippen molar-refractivity contribution in [3.05, 3.63) is 94.9 Å². The number of pyridine rings is 2. The molecular formula is C29H30N10O2. The van der Waals surface area contributed by atoms with Crippen molar-refractivity contribution in [3.8, 4) is 22.8 Å². The standard InChI is InChI=1S/C29H30N10O2/c1-19-14-31-27(16-30-19)34-23-7-6-22(13-23)33-26-11-8-24(15-32-26)38-18-21(5-12-28(38)40)29-35-36-37-39(29)17-20-3-9-25(41-2)10-4-20/h3-5,8-12,14-16,18,22-23H,6-7,13,17H2,1-2H3,(H,31,34)(H,32,33)/t22-,23-/m0/s1. The number of aromatic nitrogens is 8. The molecule has 1 aliphatic carbocycles. The van der Waals surface area contributed by atoms with Gasteiger partial charge in [-0.25, -0.2) is 14.6 Å². The third-order valence-electron chi connectivity index (χ3n) is 7.14. The van der Waals surface area contributed by atoms with Gasteiger partial charge < -0.3 is 15.4 Å². The first-order chi connectivity index (χ1) is 20.0. The molecule has 0 unspecified atom stereocenters. The molecular weight excluding hydrogens is 520 g/mol. The number of aryl methyl sites for hydroxylation is 1. The second-order valence-corrected chi connectivity index (χ2v) is 10.1. The van der Waals surface area contributed by atoms with Gasteiger partial charge in [-0.05, 0) is 72.5 Å². The number of hydrogen-bond donors (Lipinski definition) is 2. The molecule has 0 spiro atoms. The zero-order chi connectivity index (χ0) is 28.2. The van der Waals surface area contributed by atoms with Crippen molar-refractivity contribution in [2.24, 2.45) is 0 Å². The number of rotatable bonds is 9. The lowest BCUT2D eigenvalue weighted by Gasteiger charge is -2.16. The van der Waals surface area contributed by atoms with E-state index in [0.717, 1.165) is 47.9 Å². The average Bonchev–Trinajstić information content (AvgIpc) is 3.65. The molecule has 5 aromatic rings. The van der Waals surface area contributed by atoms with Crippen LogP contribution in [0.4, 0.5) is 11.6 Å². The van der Waals surface area contributed by atoms with E-state index in [9.17, 15) is 4.79 Å². The van der Waals surface area contributed by atoms with Crippen molar-refractivity contribution in [1.29, 1.82) is 0 Å². The molecule has 12 heteroatoms. The fraction of sp³-hybridized carbons (Fsp3) is 0.276. The highest BCUT2D eigenvalue weighted by Gasteiger charge is 2.25. The number of ether oxygens (including phenoxy) is 1. The lowest BCUT2D eigenvalue weighted by atomic mass is 10.2. The van der Waals surface area contributed by atoms with Crippen molar-refractivity contribution < 1.29 is 4.74 Å². The summed E-state index contributed by atoms with van der Waals surface area (Å²) in [5, 5.41) is 19.2. The minimum absolute atomic E-state index is 0.172. The van der Waals surface area contributed by atoms with Crippen LogP contribution in [-0.2, 0) is 6.54 Å². The van der Waals surface area contributed by atoms with Gasteiger partial charge in [-0.3, -0.25) is 14.3 Å². The number of benzene rings is 1. The molecule has 2 N–H and O–H groups in total. The Kier molecular flexibility index (Phi) is 7.35. The zero-order valence-electron chi connectivity index (χ0n) is 22.8. The number of nitrogens with one attached hydrogen (secondary N) is 2. The second kappa shape index (κ2) is 11.5. The predicted molar refractivity (Wildman–Crippen MR) is 154 cm³/mol. The summed E-state index contributed by atoms with van der Waals surface area (Å²) < 4.78 is 8.49. The second-order valence-electron chi connectivity index (χ2n) is 10.1. The monoisotopic (exact) mass is 550 g/mol. The lowest BCUT2D eigenvalue weighted by Crippen LogP contribution is -2.22. The minimum atomic E-state index is -0.172. The van der Waals surface area contributed by atoms with Crippen LogP contribution in [0, 0.1) is 6.92 Å². The molecule has 208 valence electrons. The van der Waals surface area contributed by atoms with Gasteiger partial charge in [-0.1, -0.05) is 12.1 Å². The Morgan fingerprint density at radius 1 is 0.902 bits per heavy atom. The largest absolute Gasteiger partial charge is 0.497 e. The molecule has 1 saturated carbocycles. The van der Waals surface area contributed by atoms with Gasteiger partial charge in [0, 0.05) is 29.9 Å². The van der Waals surface area contributed by atoms with Gasteiger partial charge in [0.2, 0.25) is 0 Å². The summed E-state index contributed by atoms with van der Waals surface area (Å²) in [6.45, 7) is 2.40. The Balaban J connectivity index is 1.13. The third-order valence-corrected chi connectivity index (χ3v) is 7.14. The first kappa shape index (κ1) is 26.1. The summed E-state index contributed by atoms with van der Waals surface area (Å²) in [6.07, 6.45) is 9.98. The quantitative estimate of drug-likeness (QED) is 0.280. The van der Waals surface area contributed by atoms with Crippen LogP contribution in [-0.4, -0.2) is 58.9 Å². The van der Waals surface area contributed by atoms with Gasteiger partial charge in [0.15, 0.2) is 5.82 Å².